The molecule has 0 saturated carbocycles. The van der Waals surface area contributed by atoms with Crippen LogP contribution in [0.3, 0.4) is 0 Å². The van der Waals surface area contributed by atoms with Crippen molar-refractivity contribution in [3.8, 4) is 0 Å². The van der Waals surface area contributed by atoms with Crippen LogP contribution in [0.5, 0.6) is 0 Å². The number of amides is 1. The highest BCUT2D eigenvalue weighted by Crippen LogP contribution is 2.25. The number of benzene rings is 1. The van der Waals surface area contributed by atoms with Gasteiger partial charge in [-0.05, 0) is 23.5 Å². The van der Waals surface area contributed by atoms with Crippen LogP contribution in [0.4, 0.5) is 0 Å². The van der Waals surface area contributed by atoms with Crippen molar-refractivity contribution in [3.05, 3.63) is 35.4 Å². The van der Waals surface area contributed by atoms with Gasteiger partial charge in [0.1, 0.15) is 5.54 Å². The summed E-state index contributed by atoms with van der Waals surface area (Å²) in [5.74, 6) is -0.518. The summed E-state index contributed by atoms with van der Waals surface area (Å²) in [5.41, 5.74) is 12.1. The van der Waals surface area contributed by atoms with Crippen LogP contribution in [0.25, 0.3) is 0 Å². The summed E-state index contributed by atoms with van der Waals surface area (Å²) in [6, 6.07) is 7.71. The number of hydrogen-bond acceptors (Lipinski definition) is 2. The molecule has 0 spiro atoms. The Morgan fingerprint density at radius 2 is 1.38 bits per heavy atom. The van der Waals surface area contributed by atoms with Gasteiger partial charge in [0.15, 0.2) is 0 Å². The molecule has 1 unspecified atom stereocenters. The van der Waals surface area contributed by atoms with Crippen LogP contribution in [0.15, 0.2) is 24.3 Å². The highest BCUT2D eigenvalue weighted by molar-refractivity contribution is 5.85. The van der Waals surface area contributed by atoms with Crippen LogP contribution in [0.2, 0.25) is 0 Å². The summed E-state index contributed by atoms with van der Waals surface area (Å²) in [6.07, 6.45) is 0. The third kappa shape index (κ3) is 2.42. The van der Waals surface area contributed by atoms with Crippen molar-refractivity contribution in [3.63, 3.8) is 0 Å². The van der Waals surface area contributed by atoms with Crippen LogP contribution >= 0.6 is 0 Å². The summed E-state index contributed by atoms with van der Waals surface area (Å²) < 4.78 is 0. The first kappa shape index (κ1) is 12.7. The predicted molar refractivity (Wildman–Crippen MR) is 65.9 cm³/mol. The maximum atomic E-state index is 11.2. The van der Waals surface area contributed by atoms with Crippen molar-refractivity contribution < 1.29 is 4.79 Å². The van der Waals surface area contributed by atoms with Gasteiger partial charge in [-0.2, -0.15) is 0 Å². The van der Waals surface area contributed by atoms with E-state index >= 15 is 0 Å². The van der Waals surface area contributed by atoms with E-state index in [0.29, 0.717) is 0 Å². The average molecular weight is 220 g/mol. The third-order valence-electron chi connectivity index (χ3n) is 2.86. The molecule has 0 aliphatic heterocycles. The van der Waals surface area contributed by atoms with E-state index in [2.05, 4.69) is 20.8 Å². The Labute approximate surface area is 96.8 Å². The summed E-state index contributed by atoms with van der Waals surface area (Å²) >= 11 is 0. The smallest absolute Gasteiger partial charge is 0.241 e. The van der Waals surface area contributed by atoms with E-state index in [1.54, 1.807) is 6.92 Å². The fourth-order valence-electron chi connectivity index (χ4n) is 1.46. The highest BCUT2D eigenvalue weighted by atomic mass is 16.1. The van der Waals surface area contributed by atoms with Crippen molar-refractivity contribution in [2.75, 3.05) is 0 Å². The number of primary amides is 1. The Morgan fingerprint density at radius 1 is 1.00 bits per heavy atom. The topological polar surface area (TPSA) is 69.1 Å². The van der Waals surface area contributed by atoms with Gasteiger partial charge in [0.05, 0.1) is 0 Å². The molecule has 16 heavy (non-hydrogen) atoms. The lowest BCUT2D eigenvalue weighted by Crippen LogP contribution is -2.46. The SMILES string of the molecule is CC(C)(C)c1ccc(C(C)(N)C(N)=O)cc1. The third-order valence-corrected chi connectivity index (χ3v) is 2.86. The zero-order valence-corrected chi connectivity index (χ0v) is 10.4. The zero-order chi connectivity index (χ0) is 12.6. The molecule has 0 saturated heterocycles. The first-order valence-electron chi connectivity index (χ1n) is 5.35. The van der Waals surface area contributed by atoms with Gasteiger partial charge in [-0.25, -0.2) is 0 Å². The summed E-state index contributed by atoms with van der Waals surface area (Å²) in [5, 5.41) is 0. The Kier molecular flexibility index (Phi) is 3.10. The van der Waals surface area contributed by atoms with Crippen molar-refractivity contribution in [2.24, 2.45) is 11.5 Å². The first-order valence-corrected chi connectivity index (χ1v) is 5.35. The number of carbonyl (C=O) groups is 1. The van der Waals surface area contributed by atoms with E-state index in [9.17, 15) is 4.79 Å². The van der Waals surface area contributed by atoms with E-state index in [-0.39, 0.29) is 5.41 Å². The van der Waals surface area contributed by atoms with E-state index in [1.165, 1.54) is 5.56 Å². The van der Waals surface area contributed by atoms with Crippen molar-refractivity contribution in [1.82, 2.24) is 0 Å². The standard InChI is InChI=1S/C13H20N2O/c1-12(2,3)9-5-7-10(8-6-9)13(4,15)11(14)16/h5-8H,15H2,1-4H3,(H2,14,16). The maximum Gasteiger partial charge on any atom is 0.241 e. The van der Waals surface area contributed by atoms with Gasteiger partial charge in [0, 0.05) is 0 Å². The minimum absolute atomic E-state index is 0.0935. The molecule has 0 radical (unpaired) electrons. The quantitative estimate of drug-likeness (QED) is 0.795. The van der Waals surface area contributed by atoms with Gasteiger partial charge in [-0.15, -0.1) is 0 Å². The van der Waals surface area contributed by atoms with Gasteiger partial charge in [0.25, 0.3) is 0 Å². The van der Waals surface area contributed by atoms with E-state index in [0.717, 1.165) is 5.56 Å². The molecule has 1 aromatic rings. The minimum Gasteiger partial charge on any atom is -0.368 e. The molecule has 3 heteroatoms. The van der Waals surface area contributed by atoms with E-state index in [1.807, 2.05) is 24.3 Å². The van der Waals surface area contributed by atoms with Crippen LogP contribution in [-0.4, -0.2) is 5.91 Å². The summed E-state index contributed by atoms with van der Waals surface area (Å²) in [7, 11) is 0. The molecule has 0 aliphatic rings. The summed E-state index contributed by atoms with van der Waals surface area (Å²) in [6.45, 7) is 8.04. The van der Waals surface area contributed by atoms with Crippen LogP contribution in [-0.2, 0) is 15.7 Å². The zero-order valence-electron chi connectivity index (χ0n) is 10.4. The minimum atomic E-state index is -1.10. The molecule has 1 aromatic carbocycles. The fourth-order valence-corrected chi connectivity index (χ4v) is 1.46. The van der Waals surface area contributed by atoms with Crippen molar-refractivity contribution in [1.29, 1.82) is 0 Å². The second-order valence-corrected chi connectivity index (χ2v) is 5.39. The first-order chi connectivity index (χ1) is 7.15. The molecule has 0 aliphatic carbocycles. The van der Waals surface area contributed by atoms with Gasteiger partial charge in [-0.3, -0.25) is 4.79 Å². The Balaban J connectivity index is 3.09. The van der Waals surface area contributed by atoms with Crippen molar-refractivity contribution in [2.45, 2.75) is 38.6 Å². The number of hydrogen-bond donors (Lipinski definition) is 2. The van der Waals surface area contributed by atoms with Gasteiger partial charge >= 0.3 is 0 Å². The molecule has 4 N–H and O–H groups in total. The molecule has 88 valence electrons. The Hall–Kier alpha value is -1.35. The second-order valence-electron chi connectivity index (χ2n) is 5.39. The molecule has 1 amide bonds. The molecule has 0 fully saturated rings. The summed E-state index contributed by atoms with van der Waals surface area (Å²) in [4.78, 5) is 11.2. The highest BCUT2D eigenvalue weighted by Gasteiger charge is 2.28. The number of rotatable bonds is 2. The van der Waals surface area contributed by atoms with Gasteiger partial charge in [0.2, 0.25) is 5.91 Å². The van der Waals surface area contributed by atoms with Crippen molar-refractivity contribution >= 4 is 5.91 Å². The number of nitrogens with two attached hydrogens (primary N) is 2. The monoisotopic (exact) mass is 220 g/mol. The lowest BCUT2D eigenvalue weighted by molar-refractivity contribution is -0.122. The lowest BCUT2D eigenvalue weighted by atomic mass is 9.84. The molecule has 0 bridgehead atoms. The Morgan fingerprint density at radius 3 is 1.69 bits per heavy atom. The predicted octanol–water partition coefficient (Wildman–Crippen LogP) is 1.64. The van der Waals surface area contributed by atoms with E-state index in [4.69, 9.17) is 11.5 Å². The maximum absolute atomic E-state index is 11.2. The molecule has 3 nitrogen and oxygen atoms in total. The molecular formula is C13H20N2O. The lowest BCUT2D eigenvalue weighted by Gasteiger charge is -2.23. The average Bonchev–Trinajstić information content (AvgIpc) is 2.16. The second kappa shape index (κ2) is 3.91. The normalized spacial score (nSPS) is 15.6. The van der Waals surface area contributed by atoms with Crippen LogP contribution in [0.1, 0.15) is 38.8 Å². The van der Waals surface area contributed by atoms with Crippen LogP contribution < -0.4 is 11.5 Å². The molecule has 0 aromatic heterocycles. The van der Waals surface area contributed by atoms with E-state index < -0.39 is 11.4 Å². The Bertz CT molecular complexity index is 385. The molecule has 0 heterocycles. The van der Waals surface area contributed by atoms with Crippen LogP contribution in [0, 0.1) is 0 Å². The van der Waals surface area contributed by atoms with Gasteiger partial charge in [-0.1, -0.05) is 45.0 Å². The van der Waals surface area contributed by atoms with Gasteiger partial charge < -0.3 is 11.5 Å². The molecule has 1 atom stereocenters. The number of carbonyl (C=O) groups excluding carboxylic acids is 1. The fraction of sp³-hybridized carbons (Fsp3) is 0.462. The largest absolute Gasteiger partial charge is 0.368 e. The molecular weight excluding hydrogens is 200 g/mol. The molecule has 1 rings (SSSR count).